The van der Waals surface area contributed by atoms with Crippen LogP contribution in [0, 0.1) is 0 Å². The van der Waals surface area contributed by atoms with Gasteiger partial charge in [0.05, 0.1) is 23.1 Å². The van der Waals surface area contributed by atoms with Crippen molar-refractivity contribution in [1.29, 1.82) is 0 Å². The van der Waals surface area contributed by atoms with Crippen LogP contribution < -0.4 is 11.2 Å². The Bertz CT molecular complexity index is 733. The summed E-state index contributed by atoms with van der Waals surface area (Å²) in [5.74, 6) is -0.214. The molecule has 6 nitrogen and oxygen atoms in total. The summed E-state index contributed by atoms with van der Waals surface area (Å²) in [5.41, 5.74) is -0.823. The van der Waals surface area contributed by atoms with Crippen molar-refractivity contribution in [1.82, 2.24) is 9.55 Å². The van der Waals surface area contributed by atoms with Gasteiger partial charge in [0.25, 0.3) is 5.56 Å². The first-order valence-corrected chi connectivity index (χ1v) is 8.67. The fraction of sp³-hybridized carbons (Fsp3) is 0.667. The largest absolute Gasteiger partial charge is 0.329 e. The van der Waals surface area contributed by atoms with E-state index in [-0.39, 0.29) is 22.6 Å². The van der Waals surface area contributed by atoms with E-state index < -0.39 is 27.1 Å². The first-order chi connectivity index (χ1) is 9.23. The summed E-state index contributed by atoms with van der Waals surface area (Å²) >= 11 is 5.91. The van der Waals surface area contributed by atoms with Gasteiger partial charge in [-0.15, -0.1) is 0 Å². The molecule has 1 aromatic rings. The third kappa shape index (κ3) is 2.83. The SMILES string of the molecule is CC(C)c1c(Cl)[nH]c(=O)n(C2CCCS(=O)(=O)C2)c1=O. The summed E-state index contributed by atoms with van der Waals surface area (Å²) in [4.78, 5) is 26.8. The minimum atomic E-state index is -3.20. The molecule has 1 unspecified atom stereocenters. The van der Waals surface area contributed by atoms with Crippen LogP contribution in [0.5, 0.6) is 0 Å². The number of hydrogen-bond acceptors (Lipinski definition) is 4. The maximum absolute atomic E-state index is 12.4. The fourth-order valence-corrected chi connectivity index (χ4v) is 4.63. The van der Waals surface area contributed by atoms with E-state index in [4.69, 9.17) is 11.6 Å². The summed E-state index contributed by atoms with van der Waals surface area (Å²) in [6.45, 7) is 3.59. The van der Waals surface area contributed by atoms with E-state index in [0.29, 0.717) is 18.4 Å². The Morgan fingerprint density at radius 3 is 2.55 bits per heavy atom. The molecule has 0 amide bonds. The van der Waals surface area contributed by atoms with Crippen molar-refractivity contribution >= 4 is 21.4 Å². The molecule has 1 aromatic heterocycles. The number of halogens is 1. The maximum atomic E-state index is 12.4. The van der Waals surface area contributed by atoms with Gasteiger partial charge < -0.3 is 0 Å². The number of rotatable bonds is 2. The summed E-state index contributed by atoms with van der Waals surface area (Å²) in [7, 11) is -3.20. The highest BCUT2D eigenvalue weighted by Gasteiger charge is 2.29. The molecule has 0 spiro atoms. The van der Waals surface area contributed by atoms with Crippen LogP contribution >= 0.6 is 11.6 Å². The Labute approximate surface area is 121 Å². The predicted molar refractivity (Wildman–Crippen MR) is 77.3 cm³/mol. The monoisotopic (exact) mass is 320 g/mol. The zero-order valence-electron chi connectivity index (χ0n) is 11.3. The van der Waals surface area contributed by atoms with Crippen LogP contribution in [0.4, 0.5) is 0 Å². The first kappa shape index (κ1) is 15.3. The van der Waals surface area contributed by atoms with Gasteiger partial charge in [-0.25, -0.2) is 13.2 Å². The quantitative estimate of drug-likeness (QED) is 0.825. The number of nitrogens with one attached hydrogen (secondary N) is 1. The van der Waals surface area contributed by atoms with Gasteiger partial charge in [-0.2, -0.15) is 0 Å². The average Bonchev–Trinajstić information content (AvgIpc) is 2.25. The summed E-state index contributed by atoms with van der Waals surface area (Å²) in [5, 5.41) is 0.0323. The van der Waals surface area contributed by atoms with Gasteiger partial charge in [-0.3, -0.25) is 14.3 Å². The number of sulfone groups is 1. The van der Waals surface area contributed by atoms with Crippen LogP contribution in [0.2, 0.25) is 5.15 Å². The second-order valence-corrected chi connectivity index (χ2v) is 8.00. The van der Waals surface area contributed by atoms with Crippen molar-refractivity contribution in [3.63, 3.8) is 0 Å². The predicted octanol–water partition coefficient (Wildman–Crippen LogP) is 1.06. The lowest BCUT2D eigenvalue weighted by Gasteiger charge is -2.24. The molecular formula is C12H17ClN2O4S. The topological polar surface area (TPSA) is 89.0 Å². The molecule has 0 radical (unpaired) electrons. The molecule has 0 aromatic carbocycles. The molecule has 0 aliphatic carbocycles. The standard InChI is InChI=1S/C12H17ClN2O4S/c1-7(2)9-10(13)14-12(17)15(11(9)16)8-4-3-5-20(18,19)6-8/h7-8H,3-6H2,1-2H3,(H,14,17). The van der Waals surface area contributed by atoms with Crippen LogP contribution in [-0.4, -0.2) is 29.5 Å². The van der Waals surface area contributed by atoms with Crippen molar-refractivity contribution in [3.8, 4) is 0 Å². The Kier molecular flexibility index (Phi) is 4.11. The van der Waals surface area contributed by atoms with Crippen molar-refractivity contribution < 1.29 is 8.42 Å². The van der Waals surface area contributed by atoms with Crippen molar-refractivity contribution in [2.24, 2.45) is 0 Å². The van der Waals surface area contributed by atoms with Crippen LogP contribution in [-0.2, 0) is 9.84 Å². The molecule has 1 N–H and O–H groups in total. The highest BCUT2D eigenvalue weighted by molar-refractivity contribution is 7.91. The molecule has 2 heterocycles. The smallest absolute Gasteiger partial charge is 0.297 e. The fourth-order valence-electron chi connectivity index (χ4n) is 2.57. The van der Waals surface area contributed by atoms with E-state index in [2.05, 4.69) is 4.98 Å². The number of aromatic amines is 1. The zero-order chi connectivity index (χ0) is 15.1. The highest BCUT2D eigenvalue weighted by atomic mass is 35.5. The van der Waals surface area contributed by atoms with Crippen molar-refractivity contribution in [2.45, 2.75) is 38.6 Å². The zero-order valence-corrected chi connectivity index (χ0v) is 12.9. The lowest BCUT2D eigenvalue weighted by Crippen LogP contribution is -2.44. The normalized spacial score (nSPS) is 22.1. The van der Waals surface area contributed by atoms with Crippen molar-refractivity contribution in [3.05, 3.63) is 31.6 Å². The molecule has 20 heavy (non-hydrogen) atoms. The number of nitrogens with zero attached hydrogens (tertiary/aromatic N) is 1. The van der Waals surface area contributed by atoms with Crippen molar-refractivity contribution in [2.75, 3.05) is 11.5 Å². The Morgan fingerprint density at radius 2 is 2.00 bits per heavy atom. The van der Waals surface area contributed by atoms with Gasteiger partial charge >= 0.3 is 5.69 Å². The minimum Gasteiger partial charge on any atom is -0.297 e. The van der Waals surface area contributed by atoms with Gasteiger partial charge in [0.2, 0.25) is 0 Å². The van der Waals surface area contributed by atoms with Gasteiger partial charge in [0, 0.05) is 0 Å². The Morgan fingerprint density at radius 1 is 1.35 bits per heavy atom. The molecule has 1 aliphatic rings. The van der Waals surface area contributed by atoms with Gasteiger partial charge in [-0.1, -0.05) is 25.4 Å². The Balaban J connectivity index is 2.60. The molecule has 1 atom stereocenters. The maximum Gasteiger partial charge on any atom is 0.329 e. The van der Waals surface area contributed by atoms with Gasteiger partial charge in [0.15, 0.2) is 9.84 Å². The molecular weight excluding hydrogens is 304 g/mol. The van der Waals surface area contributed by atoms with E-state index in [0.717, 1.165) is 4.57 Å². The minimum absolute atomic E-state index is 0.0323. The van der Waals surface area contributed by atoms with E-state index in [1.165, 1.54) is 0 Å². The molecule has 0 saturated carbocycles. The summed E-state index contributed by atoms with van der Waals surface area (Å²) in [6, 6.07) is -0.611. The van der Waals surface area contributed by atoms with Crippen LogP contribution in [0.25, 0.3) is 0 Å². The third-order valence-corrected chi connectivity index (χ3v) is 5.60. The van der Waals surface area contributed by atoms with Gasteiger partial charge in [0.1, 0.15) is 5.15 Å². The second kappa shape index (κ2) is 5.37. The lowest BCUT2D eigenvalue weighted by atomic mass is 10.1. The van der Waals surface area contributed by atoms with E-state index in [1.807, 2.05) is 0 Å². The van der Waals surface area contributed by atoms with Crippen LogP contribution in [0.15, 0.2) is 9.59 Å². The Hall–Kier alpha value is -1.08. The number of aromatic nitrogens is 2. The molecule has 8 heteroatoms. The third-order valence-electron chi connectivity index (χ3n) is 3.50. The summed E-state index contributed by atoms with van der Waals surface area (Å²) < 4.78 is 24.4. The summed E-state index contributed by atoms with van der Waals surface area (Å²) in [6.07, 6.45) is 0.958. The number of H-pyrrole nitrogens is 1. The first-order valence-electron chi connectivity index (χ1n) is 6.47. The van der Waals surface area contributed by atoms with Gasteiger partial charge in [-0.05, 0) is 18.8 Å². The second-order valence-electron chi connectivity index (χ2n) is 5.40. The van der Waals surface area contributed by atoms with E-state index in [9.17, 15) is 18.0 Å². The van der Waals surface area contributed by atoms with Crippen LogP contribution in [0.3, 0.4) is 0 Å². The average molecular weight is 321 g/mol. The molecule has 1 fully saturated rings. The van der Waals surface area contributed by atoms with E-state index >= 15 is 0 Å². The molecule has 1 aliphatic heterocycles. The molecule has 112 valence electrons. The number of hydrogen-bond donors (Lipinski definition) is 1. The lowest BCUT2D eigenvalue weighted by molar-refractivity contribution is 0.440. The molecule has 2 rings (SSSR count). The van der Waals surface area contributed by atoms with E-state index in [1.54, 1.807) is 13.8 Å². The van der Waals surface area contributed by atoms with Crippen LogP contribution in [0.1, 0.15) is 44.2 Å². The molecule has 0 bridgehead atoms. The molecule has 1 saturated heterocycles. The highest BCUT2D eigenvalue weighted by Crippen LogP contribution is 2.22.